The van der Waals surface area contributed by atoms with Crippen molar-refractivity contribution in [3.05, 3.63) is 69.8 Å². The van der Waals surface area contributed by atoms with Crippen molar-refractivity contribution in [2.45, 2.75) is 18.9 Å². The molecule has 2 aromatic carbocycles. The van der Waals surface area contributed by atoms with Crippen molar-refractivity contribution in [2.24, 2.45) is 5.73 Å². The summed E-state index contributed by atoms with van der Waals surface area (Å²) in [7, 11) is 0. The van der Waals surface area contributed by atoms with Crippen LogP contribution < -0.4 is 5.73 Å². The Hall–Kier alpha value is -1.42. The fourth-order valence-electron chi connectivity index (χ4n) is 2.52. The molecule has 0 amide bonds. The summed E-state index contributed by atoms with van der Waals surface area (Å²) < 4.78 is 14.3. The average Bonchev–Trinajstić information content (AvgIpc) is 2.85. The Morgan fingerprint density at radius 2 is 1.86 bits per heavy atom. The average molecular weight is 320 g/mol. The van der Waals surface area contributed by atoms with E-state index in [0.29, 0.717) is 11.4 Å². The van der Waals surface area contributed by atoms with Gasteiger partial charge in [-0.05, 0) is 52.9 Å². The molecule has 2 N–H and O–H groups in total. The molecule has 0 spiro atoms. The topological polar surface area (TPSA) is 26.0 Å². The molecule has 1 atom stereocenters. The van der Waals surface area contributed by atoms with Gasteiger partial charge in [0.1, 0.15) is 5.82 Å². The van der Waals surface area contributed by atoms with Crippen LogP contribution in [-0.2, 0) is 12.8 Å². The molecule has 3 aromatic rings. The fourth-order valence-corrected chi connectivity index (χ4v) is 3.74. The van der Waals surface area contributed by atoms with E-state index >= 15 is 0 Å². The predicted molar refractivity (Wildman–Crippen MR) is 88.6 cm³/mol. The Morgan fingerprint density at radius 3 is 2.67 bits per heavy atom. The van der Waals surface area contributed by atoms with Crippen LogP contribution in [0.15, 0.2) is 47.8 Å². The van der Waals surface area contributed by atoms with Gasteiger partial charge in [-0.1, -0.05) is 35.9 Å². The predicted octanol–water partition coefficient (Wildman–Crippen LogP) is 4.81. The van der Waals surface area contributed by atoms with Gasteiger partial charge in [-0.3, -0.25) is 0 Å². The van der Waals surface area contributed by atoms with Gasteiger partial charge < -0.3 is 5.73 Å². The van der Waals surface area contributed by atoms with Crippen molar-refractivity contribution in [2.75, 3.05) is 0 Å². The highest BCUT2D eigenvalue weighted by molar-refractivity contribution is 7.17. The minimum absolute atomic E-state index is 0.0361. The molecule has 0 fully saturated rings. The van der Waals surface area contributed by atoms with E-state index < -0.39 is 0 Å². The van der Waals surface area contributed by atoms with Crippen LogP contribution in [0.5, 0.6) is 0 Å². The molecular weight excluding hydrogens is 305 g/mol. The summed E-state index contributed by atoms with van der Waals surface area (Å²) in [5.74, 6) is -0.318. The van der Waals surface area contributed by atoms with E-state index in [9.17, 15) is 4.39 Å². The summed E-state index contributed by atoms with van der Waals surface area (Å²) in [5.41, 5.74) is 8.41. The van der Waals surface area contributed by atoms with Gasteiger partial charge in [-0.15, -0.1) is 11.3 Å². The third-order valence-electron chi connectivity index (χ3n) is 3.54. The van der Waals surface area contributed by atoms with E-state index in [0.717, 1.165) is 12.0 Å². The Morgan fingerprint density at radius 1 is 1.10 bits per heavy atom. The summed E-state index contributed by atoms with van der Waals surface area (Å²) in [6.07, 6.45) is 1.43. The zero-order valence-electron chi connectivity index (χ0n) is 11.4. The van der Waals surface area contributed by atoms with Crippen molar-refractivity contribution in [1.82, 2.24) is 0 Å². The fraction of sp³-hybridized carbons (Fsp3) is 0.176. The second kappa shape index (κ2) is 6.14. The number of hydrogen-bond acceptors (Lipinski definition) is 2. The summed E-state index contributed by atoms with van der Waals surface area (Å²) in [4.78, 5) is 0. The summed E-state index contributed by atoms with van der Waals surface area (Å²) in [6, 6.07) is 12.8. The highest BCUT2D eigenvalue weighted by atomic mass is 35.5. The minimum atomic E-state index is -0.318. The first-order valence-electron chi connectivity index (χ1n) is 6.78. The number of fused-ring (bicyclic) bond motifs is 1. The van der Waals surface area contributed by atoms with Crippen LogP contribution in [0, 0.1) is 5.82 Å². The van der Waals surface area contributed by atoms with Crippen molar-refractivity contribution in [3.63, 3.8) is 0 Å². The molecule has 1 unspecified atom stereocenters. The zero-order chi connectivity index (χ0) is 14.8. The lowest BCUT2D eigenvalue weighted by atomic mass is 9.99. The Labute approximate surface area is 132 Å². The second-order valence-electron chi connectivity index (χ2n) is 5.16. The normalized spacial score (nSPS) is 12.7. The van der Waals surface area contributed by atoms with Crippen molar-refractivity contribution >= 4 is 33.0 Å². The van der Waals surface area contributed by atoms with Gasteiger partial charge in [0.25, 0.3) is 0 Å². The first kappa shape index (κ1) is 14.5. The molecule has 3 rings (SSSR count). The molecule has 0 aliphatic carbocycles. The lowest BCUT2D eigenvalue weighted by Gasteiger charge is -2.12. The third-order valence-corrected chi connectivity index (χ3v) is 4.90. The second-order valence-corrected chi connectivity index (χ2v) is 6.48. The van der Waals surface area contributed by atoms with E-state index in [1.54, 1.807) is 17.4 Å². The zero-order valence-corrected chi connectivity index (χ0v) is 12.9. The lowest BCUT2D eigenvalue weighted by Crippen LogP contribution is -2.25. The maximum atomic E-state index is 13.1. The Balaban J connectivity index is 1.75. The Kier molecular flexibility index (Phi) is 4.24. The number of thiophene rings is 1. The molecule has 1 nitrogen and oxygen atoms in total. The van der Waals surface area contributed by atoms with Gasteiger partial charge in [-0.25, -0.2) is 4.39 Å². The van der Waals surface area contributed by atoms with E-state index in [1.165, 1.54) is 27.8 Å². The van der Waals surface area contributed by atoms with Crippen LogP contribution >= 0.6 is 22.9 Å². The van der Waals surface area contributed by atoms with Crippen LogP contribution in [0.2, 0.25) is 5.02 Å². The van der Waals surface area contributed by atoms with E-state index in [4.69, 9.17) is 17.3 Å². The van der Waals surface area contributed by atoms with E-state index in [1.807, 2.05) is 12.1 Å². The molecule has 0 bridgehead atoms. The van der Waals surface area contributed by atoms with Crippen molar-refractivity contribution in [3.8, 4) is 0 Å². The van der Waals surface area contributed by atoms with Gasteiger partial charge in [0.05, 0.1) is 0 Å². The summed E-state index contributed by atoms with van der Waals surface area (Å²) >= 11 is 7.79. The maximum Gasteiger partial charge on any atom is 0.124 e. The molecule has 1 aromatic heterocycles. The standard InChI is InChI=1S/C17H15ClFNS/c18-16-9-13(19)6-5-11(16)7-14(20)8-12-10-21-17-4-2-1-3-15(12)17/h1-6,9-10,14H,7-8,20H2. The van der Waals surface area contributed by atoms with Gasteiger partial charge in [0.15, 0.2) is 0 Å². The smallest absolute Gasteiger partial charge is 0.124 e. The monoisotopic (exact) mass is 319 g/mol. The lowest BCUT2D eigenvalue weighted by molar-refractivity contribution is 0.624. The molecule has 21 heavy (non-hydrogen) atoms. The molecular formula is C17H15ClFNS. The Bertz CT molecular complexity index is 768. The van der Waals surface area contributed by atoms with Crippen LogP contribution in [0.25, 0.3) is 10.1 Å². The quantitative estimate of drug-likeness (QED) is 0.734. The third kappa shape index (κ3) is 3.26. The highest BCUT2D eigenvalue weighted by Crippen LogP contribution is 2.27. The molecule has 4 heteroatoms. The van der Waals surface area contributed by atoms with Gasteiger partial charge in [0.2, 0.25) is 0 Å². The van der Waals surface area contributed by atoms with Crippen molar-refractivity contribution in [1.29, 1.82) is 0 Å². The molecule has 108 valence electrons. The van der Waals surface area contributed by atoms with Crippen molar-refractivity contribution < 1.29 is 4.39 Å². The van der Waals surface area contributed by atoms with Gasteiger partial charge in [0, 0.05) is 15.8 Å². The van der Waals surface area contributed by atoms with Gasteiger partial charge >= 0.3 is 0 Å². The number of hydrogen-bond donors (Lipinski definition) is 1. The van der Waals surface area contributed by atoms with E-state index in [-0.39, 0.29) is 11.9 Å². The molecule has 0 aliphatic heterocycles. The number of halogens is 2. The van der Waals surface area contributed by atoms with Crippen LogP contribution in [0.4, 0.5) is 4.39 Å². The van der Waals surface area contributed by atoms with E-state index in [2.05, 4.69) is 17.5 Å². The molecule has 0 aliphatic rings. The number of nitrogens with two attached hydrogens (primary N) is 1. The first-order chi connectivity index (χ1) is 10.1. The van der Waals surface area contributed by atoms with Crippen LogP contribution in [0.3, 0.4) is 0 Å². The summed E-state index contributed by atoms with van der Waals surface area (Å²) in [6.45, 7) is 0. The first-order valence-corrected chi connectivity index (χ1v) is 8.04. The van der Waals surface area contributed by atoms with Crippen LogP contribution in [0.1, 0.15) is 11.1 Å². The minimum Gasteiger partial charge on any atom is -0.327 e. The number of benzene rings is 2. The maximum absolute atomic E-state index is 13.1. The molecule has 1 heterocycles. The number of rotatable bonds is 4. The van der Waals surface area contributed by atoms with Crippen LogP contribution in [-0.4, -0.2) is 6.04 Å². The summed E-state index contributed by atoms with van der Waals surface area (Å²) in [5, 5.41) is 3.88. The molecule has 0 radical (unpaired) electrons. The molecule has 0 saturated carbocycles. The SMILES string of the molecule is NC(Cc1ccc(F)cc1Cl)Cc1csc2ccccc12. The van der Waals surface area contributed by atoms with Gasteiger partial charge in [-0.2, -0.15) is 0 Å². The molecule has 0 saturated heterocycles. The highest BCUT2D eigenvalue weighted by Gasteiger charge is 2.11. The largest absolute Gasteiger partial charge is 0.327 e.